The molecule has 0 heterocycles. The topological polar surface area (TPSA) is 85.9 Å². The van der Waals surface area contributed by atoms with Gasteiger partial charge >= 0.3 is 0 Å². The Kier molecular flexibility index (Phi) is 6.65. The molecule has 0 saturated carbocycles. The van der Waals surface area contributed by atoms with Gasteiger partial charge in [0.15, 0.2) is 6.10 Å². The zero-order valence-electron chi connectivity index (χ0n) is 16.1. The van der Waals surface area contributed by atoms with E-state index >= 15 is 0 Å². The molecule has 0 bridgehead atoms. The van der Waals surface area contributed by atoms with Crippen LogP contribution in [0.15, 0.2) is 36.4 Å². The Morgan fingerprint density at radius 3 is 2.37 bits per heavy atom. The first kappa shape index (κ1) is 20.1. The summed E-state index contributed by atoms with van der Waals surface area (Å²) in [6.07, 6.45) is -0.788. The summed E-state index contributed by atoms with van der Waals surface area (Å²) in [6.45, 7) is 5.50. The van der Waals surface area contributed by atoms with Crippen molar-refractivity contribution in [2.75, 3.05) is 14.2 Å². The zero-order valence-corrected chi connectivity index (χ0v) is 16.1. The molecule has 0 aromatic heterocycles. The third-order valence-electron chi connectivity index (χ3n) is 4.18. The molecule has 0 aliphatic rings. The Balaban J connectivity index is 1.98. The molecular weight excluding hydrogens is 348 g/mol. The van der Waals surface area contributed by atoms with Gasteiger partial charge in [0.1, 0.15) is 17.2 Å². The molecule has 2 rings (SSSR count). The van der Waals surface area contributed by atoms with Gasteiger partial charge in [0.25, 0.3) is 11.8 Å². The zero-order chi connectivity index (χ0) is 20.0. The van der Waals surface area contributed by atoms with Crippen LogP contribution in [0, 0.1) is 13.8 Å². The van der Waals surface area contributed by atoms with Gasteiger partial charge in [0, 0.05) is 6.07 Å². The van der Waals surface area contributed by atoms with Crippen molar-refractivity contribution in [2.24, 2.45) is 0 Å². The van der Waals surface area contributed by atoms with Crippen LogP contribution in [-0.4, -0.2) is 32.1 Å². The molecule has 27 heavy (non-hydrogen) atoms. The van der Waals surface area contributed by atoms with E-state index in [0.29, 0.717) is 17.2 Å². The third-order valence-corrected chi connectivity index (χ3v) is 4.18. The van der Waals surface area contributed by atoms with E-state index in [1.54, 1.807) is 31.2 Å². The van der Waals surface area contributed by atoms with Crippen LogP contribution in [0.2, 0.25) is 0 Å². The molecule has 2 aromatic rings. The van der Waals surface area contributed by atoms with Gasteiger partial charge in [0.2, 0.25) is 0 Å². The van der Waals surface area contributed by atoms with Crippen LogP contribution < -0.4 is 25.1 Å². The minimum absolute atomic E-state index is 0.265. The summed E-state index contributed by atoms with van der Waals surface area (Å²) in [6, 6.07) is 10.4. The van der Waals surface area contributed by atoms with Crippen LogP contribution in [0.5, 0.6) is 17.2 Å². The molecule has 1 unspecified atom stereocenters. The highest BCUT2D eigenvalue weighted by Crippen LogP contribution is 2.24. The largest absolute Gasteiger partial charge is 0.497 e. The van der Waals surface area contributed by atoms with Gasteiger partial charge in [-0.05, 0) is 50.1 Å². The number of carbonyl (C=O) groups is 2. The molecule has 0 fully saturated rings. The molecule has 0 saturated heterocycles. The van der Waals surface area contributed by atoms with Crippen molar-refractivity contribution < 1.29 is 23.8 Å². The van der Waals surface area contributed by atoms with Crippen molar-refractivity contribution in [1.29, 1.82) is 0 Å². The lowest BCUT2D eigenvalue weighted by Gasteiger charge is -2.17. The number of amides is 2. The lowest BCUT2D eigenvalue weighted by Crippen LogP contribution is -2.47. The van der Waals surface area contributed by atoms with Gasteiger partial charge in [-0.1, -0.05) is 12.1 Å². The summed E-state index contributed by atoms with van der Waals surface area (Å²) >= 11 is 0. The third kappa shape index (κ3) is 4.91. The van der Waals surface area contributed by atoms with Gasteiger partial charge in [-0.25, -0.2) is 0 Å². The highest BCUT2D eigenvalue weighted by atomic mass is 16.5. The van der Waals surface area contributed by atoms with E-state index in [1.807, 2.05) is 26.0 Å². The van der Waals surface area contributed by atoms with Gasteiger partial charge in [-0.15, -0.1) is 0 Å². The number of nitrogens with one attached hydrogen (secondary N) is 2. The van der Waals surface area contributed by atoms with Crippen molar-refractivity contribution in [3.05, 3.63) is 53.1 Å². The second kappa shape index (κ2) is 8.93. The molecule has 0 spiro atoms. The highest BCUT2D eigenvalue weighted by molar-refractivity contribution is 5.98. The number of ether oxygens (including phenoxy) is 3. The first-order valence-electron chi connectivity index (χ1n) is 8.42. The van der Waals surface area contributed by atoms with Gasteiger partial charge in [0.05, 0.1) is 19.8 Å². The van der Waals surface area contributed by atoms with E-state index in [-0.39, 0.29) is 5.56 Å². The molecule has 0 aliphatic carbocycles. The van der Waals surface area contributed by atoms with Crippen molar-refractivity contribution >= 4 is 11.8 Å². The number of rotatable bonds is 6. The number of hydrogen-bond acceptors (Lipinski definition) is 5. The fourth-order valence-corrected chi connectivity index (χ4v) is 2.37. The Bertz CT molecular complexity index is 835. The maximum atomic E-state index is 12.3. The van der Waals surface area contributed by atoms with Gasteiger partial charge < -0.3 is 14.2 Å². The molecule has 2 aromatic carbocycles. The summed E-state index contributed by atoms with van der Waals surface area (Å²) < 4.78 is 16.0. The van der Waals surface area contributed by atoms with E-state index in [1.165, 1.54) is 14.2 Å². The molecule has 2 N–H and O–H groups in total. The SMILES string of the molecule is COc1ccc(C(=O)NNC(=O)C(C)Oc2cccc(C)c2C)c(OC)c1. The van der Waals surface area contributed by atoms with E-state index in [2.05, 4.69) is 10.9 Å². The molecule has 0 radical (unpaired) electrons. The maximum Gasteiger partial charge on any atom is 0.279 e. The summed E-state index contributed by atoms with van der Waals surface area (Å²) in [4.78, 5) is 24.6. The highest BCUT2D eigenvalue weighted by Gasteiger charge is 2.18. The minimum atomic E-state index is -0.788. The first-order valence-corrected chi connectivity index (χ1v) is 8.42. The molecular formula is C20H24N2O5. The Morgan fingerprint density at radius 2 is 1.70 bits per heavy atom. The monoisotopic (exact) mass is 372 g/mol. The number of benzene rings is 2. The predicted octanol–water partition coefficient (Wildman–Crippen LogP) is 2.55. The van der Waals surface area contributed by atoms with Crippen LogP contribution in [0.4, 0.5) is 0 Å². The number of hydrazine groups is 1. The normalized spacial score (nSPS) is 11.3. The van der Waals surface area contributed by atoms with Crippen LogP contribution in [0.3, 0.4) is 0 Å². The van der Waals surface area contributed by atoms with Crippen molar-refractivity contribution in [3.63, 3.8) is 0 Å². The standard InChI is InChI=1S/C20H24N2O5/c1-12-7-6-8-17(13(12)2)27-14(3)19(23)21-22-20(24)16-10-9-15(25-4)11-18(16)26-5/h6-11,14H,1-5H3,(H,21,23)(H,22,24). The fraction of sp³-hybridized carbons (Fsp3) is 0.300. The summed E-state index contributed by atoms with van der Waals surface area (Å²) in [5, 5.41) is 0. The number of carbonyl (C=O) groups excluding carboxylic acids is 2. The number of methoxy groups -OCH3 is 2. The van der Waals surface area contributed by atoms with Gasteiger partial charge in [-0.2, -0.15) is 0 Å². The van der Waals surface area contributed by atoms with Crippen LogP contribution >= 0.6 is 0 Å². The first-order chi connectivity index (χ1) is 12.9. The van der Waals surface area contributed by atoms with Crippen molar-refractivity contribution in [1.82, 2.24) is 10.9 Å². The van der Waals surface area contributed by atoms with E-state index in [4.69, 9.17) is 14.2 Å². The van der Waals surface area contributed by atoms with Gasteiger partial charge in [-0.3, -0.25) is 20.4 Å². The molecule has 2 amide bonds. The predicted molar refractivity (Wildman–Crippen MR) is 101 cm³/mol. The second-order valence-corrected chi connectivity index (χ2v) is 5.97. The van der Waals surface area contributed by atoms with Crippen molar-refractivity contribution in [3.8, 4) is 17.2 Å². The molecule has 144 valence electrons. The quantitative estimate of drug-likeness (QED) is 0.761. The number of hydrogen-bond donors (Lipinski definition) is 2. The summed E-state index contributed by atoms with van der Waals surface area (Å²) in [5.41, 5.74) is 7.03. The lowest BCUT2D eigenvalue weighted by atomic mass is 10.1. The smallest absolute Gasteiger partial charge is 0.279 e. The summed E-state index contributed by atoms with van der Waals surface area (Å²) in [5.74, 6) is 0.531. The average molecular weight is 372 g/mol. The lowest BCUT2D eigenvalue weighted by molar-refractivity contribution is -0.128. The maximum absolute atomic E-state index is 12.3. The van der Waals surface area contributed by atoms with E-state index in [0.717, 1.165) is 11.1 Å². The van der Waals surface area contributed by atoms with Crippen LogP contribution in [-0.2, 0) is 4.79 Å². The molecule has 7 heteroatoms. The second-order valence-electron chi connectivity index (χ2n) is 5.97. The Morgan fingerprint density at radius 1 is 0.963 bits per heavy atom. The Hall–Kier alpha value is -3.22. The molecule has 7 nitrogen and oxygen atoms in total. The van der Waals surface area contributed by atoms with E-state index < -0.39 is 17.9 Å². The van der Waals surface area contributed by atoms with E-state index in [9.17, 15) is 9.59 Å². The average Bonchev–Trinajstić information content (AvgIpc) is 2.68. The Labute approximate surface area is 158 Å². The number of aryl methyl sites for hydroxylation is 1. The minimum Gasteiger partial charge on any atom is -0.497 e. The van der Waals surface area contributed by atoms with Crippen LogP contribution in [0.1, 0.15) is 28.4 Å². The van der Waals surface area contributed by atoms with Crippen LogP contribution in [0.25, 0.3) is 0 Å². The summed E-state index contributed by atoms with van der Waals surface area (Å²) in [7, 11) is 2.97. The van der Waals surface area contributed by atoms with Crippen molar-refractivity contribution in [2.45, 2.75) is 26.9 Å². The molecule has 0 aliphatic heterocycles. The fourth-order valence-electron chi connectivity index (χ4n) is 2.37. The molecule has 1 atom stereocenters.